The maximum absolute atomic E-state index is 11.1. The molecule has 1 heterocycles. The van der Waals surface area contributed by atoms with Crippen molar-refractivity contribution in [1.29, 1.82) is 0 Å². The fourth-order valence-corrected chi connectivity index (χ4v) is 2.61. The van der Waals surface area contributed by atoms with Crippen LogP contribution in [0, 0.1) is 5.92 Å². The second-order valence-corrected chi connectivity index (χ2v) is 5.96. The molecule has 0 bridgehead atoms. The van der Waals surface area contributed by atoms with E-state index < -0.39 is 11.9 Å². The van der Waals surface area contributed by atoms with Crippen LogP contribution in [0.15, 0.2) is 35.9 Å². The Balaban J connectivity index is 0.000000450. The maximum Gasteiger partial charge on any atom is 0.414 e. The summed E-state index contributed by atoms with van der Waals surface area (Å²) in [6, 6.07) is 10.4. The van der Waals surface area contributed by atoms with Crippen molar-refractivity contribution in [3.8, 4) is 0 Å². The number of likely N-dealkylation sites (tertiary alicyclic amines) is 1. The SMILES string of the molecule is CC(=Cc1ccccc1)CN1CCC(C(N)=O)CC1.O=C(O)C(=O)O. The van der Waals surface area contributed by atoms with Gasteiger partial charge >= 0.3 is 11.9 Å². The number of carboxylic acid groups (broad SMARTS) is 2. The molecule has 7 heteroatoms. The number of piperidine rings is 1. The van der Waals surface area contributed by atoms with Crippen molar-refractivity contribution in [2.75, 3.05) is 19.6 Å². The van der Waals surface area contributed by atoms with Crippen LogP contribution in [0.2, 0.25) is 0 Å². The van der Waals surface area contributed by atoms with Crippen LogP contribution < -0.4 is 5.73 Å². The van der Waals surface area contributed by atoms with Crippen LogP contribution in [-0.4, -0.2) is 52.6 Å². The Morgan fingerprint density at radius 3 is 2.08 bits per heavy atom. The summed E-state index contributed by atoms with van der Waals surface area (Å²) < 4.78 is 0. The first-order valence-electron chi connectivity index (χ1n) is 7.99. The fourth-order valence-electron chi connectivity index (χ4n) is 2.61. The molecular formula is C18H24N2O5. The van der Waals surface area contributed by atoms with Crippen LogP contribution >= 0.6 is 0 Å². The molecule has 2 rings (SSSR count). The molecule has 7 nitrogen and oxygen atoms in total. The second-order valence-electron chi connectivity index (χ2n) is 5.96. The molecule has 1 amide bonds. The van der Waals surface area contributed by atoms with E-state index >= 15 is 0 Å². The summed E-state index contributed by atoms with van der Waals surface area (Å²) in [5.74, 6) is -3.71. The van der Waals surface area contributed by atoms with E-state index in [9.17, 15) is 4.79 Å². The lowest BCUT2D eigenvalue weighted by atomic mass is 9.96. The summed E-state index contributed by atoms with van der Waals surface area (Å²) in [6.45, 7) is 5.06. The summed E-state index contributed by atoms with van der Waals surface area (Å²) in [5, 5.41) is 14.8. The lowest BCUT2D eigenvalue weighted by Gasteiger charge is -2.30. The van der Waals surface area contributed by atoms with Crippen molar-refractivity contribution in [2.24, 2.45) is 11.7 Å². The number of carbonyl (C=O) groups is 3. The van der Waals surface area contributed by atoms with E-state index in [-0.39, 0.29) is 11.8 Å². The third kappa shape index (κ3) is 8.12. The number of hydrogen-bond donors (Lipinski definition) is 3. The van der Waals surface area contributed by atoms with Crippen LogP contribution in [0.3, 0.4) is 0 Å². The molecule has 1 saturated heterocycles. The van der Waals surface area contributed by atoms with Gasteiger partial charge in [-0.3, -0.25) is 9.69 Å². The molecule has 136 valence electrons. The van der Waals surface area contributed by atoms with Crippen molar-refractivity contribution in [2.45, 2.75) is 19.8 Å². The van der Waals surface area contributed by atoms with Gasteiger partial charge in [-0.2, -0.15) is 0 Å². The molecule has 4 N–H and O–H groups in total. The van der Waals surface area contributed by atoms with Crippen molar-refractivity contribution >= 4 is 23.9 Å². The van der Waals surface area contributed by atoms with Crippen LogP contribution in [0.4, 0.5) is 0 Å². The van der Waals surface area contributed by atoms with E-state index in [0.29, 0.717) is 0 Å². The van der Waals surface area contributed by atoms with Gasteiger partial charge in [0.25, 0.3) is 0 Å². The number of carbonyl (C=O) groups excluding carboxylic acids is 1. The molecule has 0 atom stereocenters. The second kappa shape index (κ2) is 10.2. The number of benzene rings is 1. The normalized spacial score (nSPS) is 15.8. The summed E-state index contributed by atoms with van der Waals surface area (Å²) in [5.41, 5.74) is 7.94. The highest BCUT2D eigenvalue weighted by Crippen LogP contribution is 2.18. The molecule has 1 aromatic rings. The van der Waals surface area contributed by atoms with Crippen molar-refractivity contribution in [1.82, 2.24) is 4.90 Å². The van der Waals surface area contributed by atoms with Gasteiger partial charge in [-0.15, -0.1) is 0 Å². The van der Waals surface area contributed by atoms with Gasteiger partial charge in [0.1, 0.15) is 0 Å². The fraction of sp³-hybridized carbons (Fsp3) is 0.389. The van der Waals surface area contributed by atoms with Crippen LogP contribution in [0.25, 0.3) is 6.08 Å². The first kappa shape index (κ1) is 20.4. The van der Waals surface area contributed by atoms with Crippen molar-refractivity contribution in [3.63, 3.8) is 0 Å². The highest BCUT2D eigenvalue weighted by atomic mass is 16.4. The van der Waals surface area contributed by atoms with Gasteiger partial charge in [-0.1, -0.05) is 42.0 Å². The molecule has 0 unspecified atom stereocenters. The largest absolute Gasteiger partial charge is 0.473 e. The topological polar surface area (TPSA) is 121 Å². The molecule has 0 aliphatic carbocycles. The smallest absolute Gasteiger partial charge is 0.414 e. The van der Waals surface area contributed by atoms with Crippen molar-refractivity contribution < 1.29 is 24.6 Å². The minimum atomic E-state index is -1.82. The molecule has 1 aromatic carbocycles. The lowest BCUT2D eigenvalue weighted by Crippen LogP contribution is -2.39. The number of rotatable bonds is 4. The Labute approximate surface area is 146 Å². The Morgan fingerprint density at radius 1 is 1.12 bits per heavy atom. The van der Waals surface area contributed by atoms with E-state index in [2.05, 4.69) is 42.2 Å². The highest BCUT2D eigenvalue weighted by molar-refractivity contribution is 6.27. The number of primary amides is 1. The highest BCUT2D eigenvalue weighted by Gasteiger charge is 2.22. The zero-order valence-corrected chi connectivity index (χ0v) is 14.2. The predicted molar refractivity (Wildman–Crippen MR) is 93.7 cm³/mol. The minimum absolute atomic E-state index is 0.0784. The number of nitrogens with zero attached hydrogens (tertiary/aromatic N) is 1. The first-order valence-corrected chi connectivity index (χ1v) is 7.99. The van der Waals surface area contributed by atoms with Gasteiger partial charge in [0, 0.05) is 12.5 Å². The van der Waals surface area contributed by atoms with E-state index in [0.717, 1.165) is 32.5 Å². The van der Waals surface area contributed by atoms with Gasteiger partial charge in [-0.25, -0.2) is 9.59 Å². The van der Waals surface area contributed by atoms with E-state index in [1.54, 1.807) is 0 Å². The van der Waals surface area contributed by atoms with Gasteiger partial charge < -0.3 is 15.9 Å². The number of amides is 1. The monoisotopic (exact) mass is 348 g/mol. The zero-order chi connectivity index (χ0) is 18.8. The standard InChI is InChI=1S/C16H22N2O.C2H2O4/c1-13(11-14-5-3-2-4-6-14)12-18-9-7-15(8-10-18)16(17)19;3-1(4)2(5)6/h2-6,11,15H,7-10,12H2,1H3,(H2,17,19);(H,3,4)(H,5,6). The van der Waals surface area contributed by atoms with Crippen LogP contribution in [-0.2, 0) is 14.4 Å². The molecule has 0 spiro atoms. The third-order valence-electron chi connectivity index (χ3n) is 3.86. The quantitative estimate of drug-likeness (QED) is 0.708. The summed E-state index contributed by atoms with van der Waals surface area (Å²) in [7, 11) is 0. The third-order valence-corrected chi connectivity index (χ3v) is 3.86. The molecule has 0 saturated carbocycles. The van der Waals surface area contributed by atoms with E-state index in [1.807, 2.05) is 6.07 Å². The average Bonchev–Trinajstić information content (AvgIpc) is 2.56. The van der Waals surface area contributed by atoms with Crippen LogP contribution in [0.5, 0.6) is 0 Å². The predicted octanol–water partition coefficient (Wildman–Crippen LogP) is 1.44. The van der Waals surface area contributed by atoms with Gasteiger partial charge in [0.2, 0.25) is 5.91 Å². The molecule has 0 aromatic heterocycles. The maximum atomic E-state index is 11.1. The van der Waals surface area contributed by atoms with E-state index in [1.165, 1.54) is 11.1 Å². The number of hydrogen-bond acceptors (Lipinski definition) is 4. The van der Waals surface area contributed by atoms with Crippen LogP contribution in [0.1, 0.15) is 25.3 Å². The van der Waals surface area contributed by atoms with Crippen molar-refractivity contribution in [3.05, 3.63) is 41.5 Å². The number of aliphatic carboxylic acids is 2. The summed E-state index contributed by atoms with van der Waals surface area (Å²) in [6.07, 6.45) is 4.02. The van der Waals surface area contributed by atoms with Gasteiger partial charge in [0.15, 0.2) is 0 Å². The lowest BCUT2D eigenvalue weighted by molar-refractivity contribution is -0.159. The Morgan fingerprint density at radius 2 is 1.64 bits per heavy atom. The Bertz CT molecular complexity index is 608. The molecule has 1 fully saturated rings. The Hall–Kier alpha value is -2.67. The molecule has 1 aliphatic rings. The summed E-state index contributed by atoms with van der Waals surface area (Å²) in [4.78, 5) is 31.7. The molecule has 1 aliphatic heterocycles. The molecule has 0 radical (unpaired) electrons. The number of carboxylic acids is 2. The van der Waals surface area contributed by atoms with Gasteiger partial charge in [0.05, 0.1) is 0 Å². The van der Waals surface area contributed by atoms with E-state index in [4.69, 9.17) is 25.5 Å². The summed E-state index contributed by atoms with van der Waals surface area (Å²) >= 11 is 0. The number of nitrogens with two attached hydrogens (primary N) is 1. The molecular weight excluding hydrogens is 324 g/mol. The van der Waals surface area contributed by atoms with Gasteiger partial charge in [-0.05, 0) is 38.4 Å². The Kier molecular flexibility index (Phi) is 8.35. The zero-order valence-electron chi connectivity index (χ0n) is 14.2. The molecule has 25 heavy (non-hydrogen) atoms. The first-order chi connectivity index (χ1) is 11.8. The minimum Gasteiger partial charge on any atom is -0.473 e. The average molecular weight is 348 g/mol.